The molecule has 162 valence electrons. The van der Waals surface area contributed by atoms with Crippen LogP contribution in [0.1, 0.15) is 29.0 Å². The van der Waals surface area contributed by atoms with Crippen LogP contribution in [0.25, 0.3) is 10.2 Å². The summed E-state index contributed by atoms with van der Waals surface area (Å²) >= 11 is 5.16. The number of amides is 1. The quantitative estimate of drug-likeness (QED) is 0.501. The van der Waals surface area contributed by atoms with Crippen LogP contribution >= 0.6 is 27.3 Å². The van der Waals surface area contributed by atoms with Gasteiger partial charge < -0.3 is 15.1 Å². The average molecular weight is 500 g/mol. The van der Waals surface area contributed by atoms with Gasteiger partial charge in [0.1, 0.15) is 17.0 Å². The molecule has 31 heavy (non-hydrogen) atoms. The molecule has 0 fully saturated rings. The van der Waals surface area contributed by atoms with E-state index in [0.717, 1.165) is 33.5 Å². The summed E-state index contributed by atoms with van der Waals surface area (Å²) in [6, 6.07) is 8.43. The Hall–Kier alpha value is -2.29. The number of anilines is 1. The first-order chi connectivity index (χ1) is 14.9. The van der Waals surface area contributed by atoms with E-state index in [1.54, 1.807) is 23.7 Å². The highest BCUT2D eigenvalue weighted by atomic mass is 79.9. The zero-order valence-electron chi connectivity index (χ0n) is 17.9. The van der Waals surface area contributed by atoms with Crippen LogP contribution in [0.15, 0.2) is 47.2 Å². The Morgan fingerprint density at radius 1 is 1.32 bits per heavy atom. The Bertz CT molecular complexity index is 1110. The third-order valence-corrected chi connectivity index (χ3v) is 7.06. The Balaban J connectivity index is 1.55. The molecule has 0 radical (unpaired) electrons. The molecule has 3 heterocycles. The third kappa shape index (κ3) is 4.97. The van der Waals surface area contributed by atoms with Gasteiger partial charge in [-0.25, -0.2) is 9.97 Å². The summed E-state index contributed by atoms with van der Waals surface area (Å²) in [5.41, 5.74) is 2.47. The SMILES string of the molecule is C[C@@H](Nc1ncnc2sc3c(c12)CCN(C(=O)/C=C/CN(C)C)C3)c1ccc(Br)cc1. The molecular weight excluding hydrogens is 474 g/mol. The number of hydrogen-bond donors (Lipinski definition) is 1. The van der Waals surface area contributed by atoms with Crippen molar-refractivity contribution in [3.05, 3.63) is 63.2 Å². The molecule has 0 spiro atoms. The number of carbonyl (C=O) groups excluding carboxylic acids is 1. The number of halogens is 1. The topological polar surface area (TPSA) is 61.4 Å². The van der Waals surface area contributed by atoms with E-state index in [1.165, 1.54) is 16.0 Å². The molecule has 2 aromatic heterocycles. The number of nitrogens with one attached hydrogen (secondary N) is 1. The van der Waals surface area contributed by atoms with E-state index in [-0.39, 0.29) is 11.9 Å². The zero-order chi connectivity index (χ0) is 22.0. The Morgan fingerprint density at radius 3 is 2.84 bits per heavy atom. The number of nitrogens with zero attached hydrogens (tertiary/aromatic N) is 4. The van der Waals surface area contributed by atoms with E-state index in [1.807, 2.05) is 42.1 Å². The van der Waals surface area contributed by atoms with Gasteiger partial charge in [-0.15, -0.1) is 11.3 Å². The summed E-state index contributed by atoms with van der Waals surface area (Å²) in [5.74, 6) is 0.932. The maximum absolute atomic E-state index is 12.6. The summed E-state index contributed by atoms with van der Waals surface area (Å²) in [5, 5.41) is 4.67. The first-order valence-electron chi connectivity index (χ1n) is 10.3. The molecule has 1 N–H and O–H groups in total. The molecule has 6 nitrogen and oxygen atoms in total. The number of hydrogen-bond acceptors (Lipinski definition) is 6. The van der Waals surface area contributed by atoms with Crippen LogP contribution in [-0.4, -0.2) is 52.9 Å². The van der Waals surface area contributed by atoms with E-state index in [0.29, 0.717) is 13.1 Å². The van der Waals surface area contributed by atoms with Crippen molar-refractivity contribution in [2.24, 2.45) is 0 Å². The molecule has 8 heteroatoms. The predicted octanol–water partition coefficient (Wildman–Crippen LogP) is 4.63. The van der Waals surface area contributed by atoms with Gasteiger partial charge >= 0.3 is 0 Å². The molecule has 1 aromatic carbocycles. The van der Waals surface area contributed by atoms with Crippen molar-refractivity contribution in [3.8, 4) is 0 Å². The molecule has 0 aliphatic carbocycles. The number of aromatic nitrogens is 2. The van der Waals surface area contributed by atoms with Gasteiger partial charge in [-0.05, 0) is 50.7 Å². The average Bonchev–Trinajstić information content (AvgIpc) is 3.12. The number of rotatable bonds is 6. The maximum Gasteiger partial charge on any atom is 0.246 e. The number of thiophene rings is 1. The molecule has 4 rings (SSSR count). The zero-order valence-corrected chi connectivity index (χ0v) is 20.3. The van der Waals surface area contributed by atoms with Crippen LogP contribution in [0.2, 0.25) is 0 Å². The molecule has 0 unspecified atom stereocenters. The predicted molar refractivity (Wildman–Crippen MR) is 130 cm³/mol. The lowest BCUT2D eigenvalue weighted by Gasteiger charge is -2.26. The van der Waals surface area contributed by atoms with E-state index >= 15 is 0 Å². The van der Waals surface area contributed by atoms with Gasteiger partial charge in [0.15, 0.2) is 0 Å². The van der Waals surface area contributed by atoms with Crippen LogP contribution in [0.4, 0.5) is 5.82 Å². The lowest BCUT2D eigenvalue weighted by molar-refractivity contribution is -0.126. The van der Waals surface area contributed by atoms with Crippen LogP contribution < -0.4 is 5.32 Å². The summed E-state index contributed by atoms with van der Waals surface area (Å²) in [6.07, 6.45) is 6.04. The first-order valence-corrected chi connectivity index (χ1v) is 11.9. The second-order valence-electron chi connectivity index (χ2n) is 8.00. The van der Waals surface area contributed by atoms with Gasteiger partial charge in [-0.2, -0.15) is 0 Å². The Morgan fingerprint density at radius 2 is 2.10 bits per heavy atom. The Kier molecular flexibility index (Phi) is 6.69. The minimum atomic E-state index is 0.0678. The lowest BCUT2D eigenvalue weighted by atomic mass is 10.0. The standard InChI is InChI=1S/C23H26BrN5OS/c1-15(16-6-8-17(24)9-7-16)27-22-21-18-10-12-29(20(30)5-4-11-28(2)3)13-19(18)31-23(21)26-14-25-22/h4-9,14-15H,10-13H2,1-3H3,(H,25,26,27)/b5-4+/t15-/m1/s1. The molecule has 1 aliphatic heterocycles. The van der Waals surface area contributed by atoms with E-state index in [4.69, 9.17) is 0 Å². The highest BCUT2D eigenvalue weighted by Gasteiger charge is 2.25. The third-order valence-electron chi connectivity index (χ3n) is 5.40. The van der Waals surface area contributed by atoms with Gasteiger partial charge in [0.05, 0.1) is 11.9 Å². The van der Waals surface area contributed by atoms with Crippen LogP contribution in [0, 0.1) is 0 Å². The molecule has 1 amide bonds. The van der Waals surface area contributed by atoms with E-state index < -0.39 is 0 Å². The second kappa shape index (κ2) is 9.46. The monoisotopic (exact) mass is 499 g/mol. The largest absolute Gasteiger partial charge is 0.363 e. The summed E-state index contributed by atoms with van der Waals surface area (Å²) in [6.45, 7) is 4.23. The molecule has 0 saturated carbocycles. The molecule has 1 aliphatic rings. The number of carbonyl (C=O) groups is 1. The van der Waals surface area contributed by atoms with E-state index in [9.17, 15) is 4.79 Å². The number of fused-ring (bicyclic) bond motifs is 3. The highest BCUT2D eigenvalue weighted by molar-refractivity contribution is 9.10. The van der Waals surface area contributed by atoms with Crippen LogP contribution in [0.3, 0.4) is 0 Å². The minimum Gasteiger partial charge on any atom is -0.363 e. The molecule has 0 bridgehead atoms. The summed E-state index contributed by atoms with van der Waals surface area (Å²) in [7, 11) is 3.98. The highest BCUT2D eigenvalue weighted by Crippen LogP contribution is 2.38. The van der Waals surface area contributed by atoms with E-state index in [2.05, 4.69) is 50.3 Å². The summed E-state index contributed by atoms with van der Waals surface area (Å²) < 4.78 is 1.07. The van der Waals surface area contributed by atoms with Crippen molar-refractivity contribution in [1.82, 2.24) is 19.8 Å². The van der Waals surface area contributed by atoms with Crippen molar-refractivity contribution in [2.45, 2.75) is 25.9 Å². The molecular formula is C23H26BrN5OS. The van der Waals surface area contributed by atoms with Crippen LogP contribution in [-0.2, 0) is 17.8 Å². The molecule has 1 atom stereocenters. The lowest BCUT2D eigenvalue weighted by Crippen LogP contribution is -2.34. The Labute approximate surface area is 195 Å². The van der Waals surface area contributed by atoms with Gasteiger partial charge in [-0.3, -0.25) is 4.79 Å². The van der Waals surface area contributed by atoms with Crippen molar-refractivity contribution >= 4 is 49.2 Å². The molecule has 3 aromatic rings. The normalized spacial score (nSPS) is 14.9. The fraction of sp³-hybridized carbons (Fsp3) is 0.348. The van der Waals surface area contributed by atoms with Crippen molar-refractivity contribution in [1.29, 1.82) is 0 Å². The minimum absolute atomic E-state index is 0.0678. The van der Waals surface area contributed by atoms with Crippen molar-refractivity contribution in [2.75, 3.05) is 32.5 Å². The van der Waals surface area contributed by atoms with Crippen molar-refractivity contribution < 1.29 is 4.79 Å². The smallest absolute Gasteiger partial charge is 0.246 e. The molecule has 0 saturated heterocycles. The maximum atomic E-state index is 12.6. The van der Waals surface area contributed by atoms with Gasteiger partial charge in [-0.1, -0.05) is 34.1 Å². The van der Waals surface area contributed by atoms with Crippen LogP contribution in [0.5, 0.6) is 0 Å². The summed E-state index contributed by atoms with van der Waals surface area (Å²) in [4.78, 5) is 27.8. The van der Waals surface area contributed by atoms with Gasteiger partial charge in [0.25, 0.3) is 0 Å². The number of benzene rings is 1. The fourth-order valence-corrected chi connectivity index (χ4v) is 5.20. The number of likely N-dealkylation sites (N-methyl/N-ethyl adjacent to an activating group) is 1. The fourth-order valence-electron chi connectivity index (χ4n) is 3.73. The van der Waals surface area contributed by atoms with Crippen molar-refractivity contribution in [3.63, 3.8) is 0 Å². The second-order valence-corrected chi connectivity index (χ2v) is 10.00. The van der Waals surface area contributed by atoms with Gasteiger partial charge in [0.2, 0.25) is 5.91 Å². The first kappa shape index (κ1) is 21.9. The van der Waals surface area contributed by atoms with Gasteiger partial charge in [0, 0.05) is 34.6 Å².